The van der Waals surface area contributed by atoms with Gasteiger partial charge in [-0.1, -0.05) is 29.3 Å². The normalized spacial score (nSPS) is 10.4. The van der Waals surface area contributed by atoms with Crippen molar-refractivity contribution in [1.82, 2.24) is 0 Å². The van der Waals surface area contributed by atoms with Gasteiger partial charge in [0.1, 0.15) is 5.82 Å². The summed E-state index contributed by atoms with van der Waals surface area (Å²) in [6.07, 6.45) is 0. The molecule has 0 radical (unpaired) electrons. The lowest BCUT2D eigenvalue weighted by Gasteiger charge is -2.07. The van der Waals surface area contributed by atoms with E-state index in [1.54, 1.807) is 12.1 Å². The third-order valence-corrected chi connectivity index (χ3v) is 2.52. The van der Waals surface area contributed by atoms with E-state index < -0.39 is 0 Å². The quantitative estimate of drug-likeness (QED) is 0.721. The van der Waals surface area contributed by atoms with Gasteiger partial charge in [0.15, 0.2) is 0 Å². The van der Waals surface area contributed by atoms with Crippen LogP contribution < -0.4 is 5.73 Å². The van der Waals surface area contributed by atoms with Gasteiger partial charge in [-0.15, -0.1) is 0 Å². The van der Waals surface area contributed by atoms with E-state index in [4.69, 9.17) is 5.73 Å². The zero-order valence-electron chi connectivity index (χ0n) is 9.42. The monoisotopic (exact) mass is 215 g/mol. The van der Waals surface area contributed by atoms with Gasteiger partial charge < -0.3 is 5.73 Å². The van der Waals surface area contributed by atoms with Crippen LogP contribution in [-0.2, 0) is 0 Å². The van der Waals surface area contributed by atoms with Crippen molar-refractivity contribution in [3.8, 4) is 11.1 Å². The third kappa shape index (κ3) is 2.06. The van der Waals surface area contributed by atoms with Crippen molar-refractivity contribution in [2.24, 2.45) is 0 Å². The number of rotatable bonds is 1. The maximum atomic E-state index is 13.7. The summed E-state index contributed by atoms with van der Waals surface area (Å²) in [5.74, 6) is -0.237. The molecule has 2 aromatic carbocycles. The molecule has 0 atom stereocenters. The van der Waals surface area contributed by atoms with Crippen molar-refractivity contribution in [2.45, 2.75) is 13.8 Å². The second kappa shape index (κ2) is 3.97. The van der Waals surface area contributed by atoms with Gasteiger partial charge in [0.2, 0.25) is 0 Å². The Labute approximate surface area is 94.7 Å². The summed E-state index contributed by atoms with van der Waals surface area (Å²) in [5, 5.41) is 0. The molecule has 1 nitrogen and oxygen atoms in total. The van der Waals surface area contributed by atoms with Crippen LogP contribution in [0.3, 0.4) is 0 Å². The maximum absolute atomic E-state index is 13.7. The van der Waals surface area contributed by atoms with E-state index in [0.717, 1.165) is 16.7 Å². The summed E-state index contributed by atoms with van der Waals surface area (Å²) in [4.78, 5) is 0. The van der Waals surface area contributed by atoms with Crippen molar-refractivity contribution in [2.75, 3.05) is 5.73 Å². The van der Waals surface area contributed by atoms with Gasteiger partial charge in [-0.05, 0) is 37.6 Å². The largest absolute Gasteiger partial charge is 0.399 e. The molecule has 2 N–H and O–H groups in total. The van der Waals surface area contributed by atoms with Crippen molar-refractivity contribution in [1.29, 1.82) is 0 Å². The lowest BCUT2D eigenvalue weighted by Crippen LogP contribution is -1.90. The molecular formula is C14H14FN. The van der Waals surface area contributed by atoms with Gasteiger partial charge >= 0.3 is 0 Å². The van der Waals surface area contributed by atoms with Gasteiger partial charge in [0, 0.05) is 11.3 Å². The van der Waals surface area contributed by atoms with Gasteiger partial charge in [0.05, 0.1) is 0 Å². The highest BCUT2D eigenvalue weighted by molar-refractivity contribution is 5.69. The molecule has 0 saturated carbocycles. The predicted octanol–water partition coefficient (Wildman–Crippen LogP) is 3.69. The molecular weight excluding hydrogens is 201 g/mol. The number of halogens is 1. The fourth-order valence-electron chi connectivity index (χ4n) is 1.89. The molecule has 0 aliphatic heterocycles. The van der Waals surface area contributed by atoms with Crippen LogP contribution in [0.25, 0.3) is 11.1 Å². The molecule has 0 amide bonds. The first-order valence-corrected chi connectivity index (χ1v) is 5.20. The van der Waals surface area contributed by atoms with E-state index in [-0.39, 0.29) is 5.82 Å². The second-order valence-electron chi connectivity index (χ2n) is 4.12. The molecule has 0 spiro atoms. The summed E-state index contributed by atoms with van der Waals surface area (Å²) in [6.45, 7) is 4.00. The molecule has 82 valence electrons. The van der Waals surface area contributed by atoms with E-state index in [0.29, 0.717) is 11.3 Å². The molecule has 0 aliphatic rings. The Morgan fingerprint density at radius 2 is 1.56 bits per heavy atom. The fourth-order valence-corrected chi connectivity index (χ4v) is 1.89. The Balaban J connectivity index is 2.62. The molecule has 2 aromatic rings. The van der Waals surface area contributed by atoms with E-state index in [2.05, 4.69) is 6.07 Å². The highest BCUT2D eigenvalue weighted by Gasteiger charge is 2.06. The maximum Gasteiger partial charge on any atom is 0.131 e. The lowest BCUT2D eigenvalue weighted by molar-refractivity contribution is 0.631. The van der Waals surface area contributed by atoms with E-state index in [1.807, 2.05) is 26.0 Å². The van der Waals surface area contributed by atoms with Crippen LogP contribution in [0.5, 0.6) is 0 Å². The highest BCUT2D eigenvalue weighted by Crippen LogP contribution is 2.26. The molecule has 0 aromatic heterocycles. The predicted molar refractivity (Wildman–Crippen MR) is 65.7 cm³/mol. The lowest BCUT2D eigenvalue weighted by atomic mass is 10.00. The minimum atomic E-state index is -0.237. The average Bonchev–Trinajstić information content (AvgIpc) is 2.20. The van der Waals surface area contributed by atoms with E-state index in [1.165, 1.54) is 6.07 Å². The van der Waals surface area contributed by atoms with Crippen LogP contribution in [0.4, 0.5) is 10.1 Å². The van der Waals surface area contributed by atoms with E-state index >= 15 is 0 Å². The fraction of sp³-hybridized carbons (Fsp3) is 0.143. The van der Waals surface area contributed by atoms with Crippen LogP contribution in [-0.4, -0.2) is 0 Å². The van der Waals surface area contributed by atoms with Gasteiger partial charge in [-0.3, -0.25) is 0 Å². The standard InChI is InChI=1S/C14H14FN/c1-9-5-10(2)7-11(6-9)13-8-12(16)3-4-14(13)15/h3-8H,16H2,1-2H3. The summed E-state index contributed by atoms with van der Waals surface area (Å²) in [6, 6.07) is 10.6. The van der Waals surface area contributed by atoms with Gasteiger partial charge in [-0.2, -0.15) is 0 Å². The first kappa shape index (κ1) is 10.7. The summed E-state index contributed by atoms with van der Waals surface area (Å²) >= 11 is 0. The molecule has 0 unspecified atom stereocenters. The summed E-state index contributed by atoms with van der Waals surface area (Å²) in [7, 11) is 0. The zero-order valence-corrected chi connectivity index (χ0v) is 9.42. The van der Waals surface area contributed by atoms with Crippen molar-refractivity contribution in [3.05, 3.63) is 53.3 Å². The Kier molecular flexibility index (Phi) is 2.65. The van der Waals surface area contributed by atoms with E-state index in [9.17, 15) is 4.39 Å². The summed E-state index contributed by atoms with van der Waals surface area (Å²) < 4.78 is 13.7. The Morgan fingerprint density at radius 3 is 2.19 bits per heavy atom. The number of anilines is 1. The topological polar surface area (TPSA) is 26.0 Å². The Bertz CT molecular complexity index is 512. The Morgan fingerprint density at radius 1 is 0.938 bits per heavy atom. The average molecular weight is 215 g/mol. The number of nitrogens with two attached hydrogens (primary N) is 1. The number of hydrogen-bond acceptors (Lipinski definition) is 1. The first-order chi connectivity index (χ1) is 7.56. The van der Waals surface area contributed by atoms with Gasteiger partial charge in [0.25, 0.3) is 0 Å². The van der Waals surface area contributed by atoms with Crippen LogP contribution >= 0.6 is 0 Å². The van der Waals surface area contributed by atoms with Crippen molar-refractivity contribution in [3.63, 3.8) is 0 Å². The number of benzene rings is 2. The molecule has 2 rings (SSSR count). The minimum absolute atomic E-state index is 0.237. The van der Waals surface area contributed by atoms with Crippen LogP contribution in [0.15, 0.2) is 36.4 Å². The molecule has 0 aliphatic carbocycles. The molecule has 16 heavy (non-hydrogen) atoms. The van der Waals surface area contributed by atoms with Crippen LogP contribution in [0.1, 0.15) is 11.1 Å². The smallest absolute Gasteiger partial charge is 0.131 e. The molecule has 0 bridgehead atoms. The minimum Gasteiger partial charge on any atom is -0.399 e. The molecule has 0 saturated heterocycles. The van der Waals surface area contributed by atoms with Crippen LogP contribution in [0.2, 0.25) is 0 Å². The first-order valence-electron chi connectivity index (χ1n) is 5.20. The van der Waals surface area contributed by atoms with Crippen molar-refractivity contribution >= 4 is 5.69 Å². The van der Waals surface area contributed by atoms with Crippen molar-refractivity contribution < 1.29 is 4.39 Å². The number of nitrogen functional groups attached to an aromatic ring is 1. The third-order valence-electron chi connectivity index (χ3n) is 2.52. The van der Waals surface area contributed by atoms with Crippen LogP contribution in [0, 0.1) is 19.7 Å². The number of hydrogen-bond donors (Lipinski definition) is 1. The molecule has 0 heterocycles. The zero-order chi connectivity index (χ0) is 11.7. The SMILES string of the molecule is Cc1cc(C)cc(-c2cc(N)ccc2F)c1. The highest BCUT2D eigenvalue weighted by atomic mass is 19.1. The van der Waals surface area contributed by atoms with Gasteiger partial charge in [-0.25, -0.2) is 4.39 Å². The summed E-state index contributed by atoms with van der Waals surface area (Å²) in [5.41, 5.74) is 9.94. The Hall–Kier alpha value is -1.83. The second-order valence-corrected chi connectivity index (χ2v) is 4.12. The number of aryl methyl sites for hydroxylation is 2. The molecule has 2 heteroatoms. The molecule has 0 fully saturated rings.